The second-order valence-electron chi connectivity index (χ2n) is 9.66. The van der Waals surface area contributed by atoms with Crippen LogP contribution in [-0.4, -0.2) is 40.9 Å². The van der Waals surface area contributed by atoms with Crippen molar-refractivity contribution in [2.45, 2.75) is 57.2 Å². The van der Waals surface area contributed by atoms with Gasteiger partial charge in [-0.05, 0) is 56.2 Å². The first-order valence-electron chi connectivity index (χ1n) is 11.5. The molecule has 0 spiro atoms. The zero-order valence-corrected chi connectivity index (χ0v) is 18.4. The Morgan fingerprint density at radius 3 is 2.58 bits per heavy atom. The van der Waals surface area contributed by atoms with Crippen LogP contribution in [-0.2, 0) is 16.8 Å². The van der Waals surface area contributed by atoms with Gasteiger partial charge in [0.25, 0.3) is 0 Å². The number of hydrogen-bond donors (Lipinski definition) is 1. The third kappa shape index (κ3) is 3.50. The van der Waals surface area contributed by atoms with Crippen molar-refractivity contribution in [1.29, 1.82) is 0 Å². The first kappa shape index (κ1) is 20.1. The summed E-state index contributed by atoms with van der Waals surface area (Å²) in [4.78, 5) is 30.9. The molecule has 3 heterocycles. The molecule has 0 bridgehead atoms. The summed E-state index contributed by atoms with van der Waals surface area (Å²) in [5, 5.41) is 3.24. The van der Waals surface area contributed by atoms with Gasteiger partial charge in [-0.2, -0.15) is 0 Å². The molecule has 3 atom stereocenters. The molecule has 2 saturated heterocycles. The van der Waals surface area contributed by atoms with E-state index in [1.54, 1.807) is 0 Å². The van der Waals surface area contributed by atoms with E-state index in [2.05, 4.69) is 34.5 Å². The molecular weight excluding hydrogens is 386 g/mol. The monoisotopic (exact) mass is 417 g/mol. The molecule has 31 heavy (non-hydrogen) atoms. The topological polar surface area (TPSA) is 52.7 Å². The summed E-state index contributed by atoms with van der Waals surface area (Å²) in [7, 11) is 0. The summed E-state index contributed by atoms with van der Waals surface area (Å²) in [6.45, 7) is 5.57. The summed E-state index contributed by atoms with van der Waals surface area (Å²) in [5.41, 5.74) is 3.19. The lowest BCUT2D eigenvalue weighted by molar-refractivity contribution is -0.148. The normalized spacial score (nSPS) is 25.4. The van der Waals surface area contributed by atoms with Crippen LogP contribution in [0.25, 0.3) is 0 Å². The minimum absolute atomic E-state index is 0.0415. The number of rotatable bonds is 2. The van der Waals surface area contributed by atoms with Crippen LogP contribution in [0, 0.1) is 5.92 Å². The standard InChI is InChI=1S/C26H31N3O2/c1-26(2,19-10-4-3-5-11-19)27-25(31)29-15-8-13-21-23(29)17-22-20-12-7-6-9-18(20)14-16-28(22)24(21)30/h3-7,9-12,21-23H,8,13-17H2,1-2H3,(H,27,31)/t21-,22-,23-/m1/s1. The molecular formula is C26H31N3O2. The Morgan fingerprint density at radius 1 is 1.03 bits per heavy atom. The SMILES string of the molecule is CC(C)(NC(=O)N1CCC[C@H]2C(=O)N3CCc4ccccc4[C@H]3C[C@H]21)c1ccccc1. The van der Waals surface area contributed by atoms with E-state index < -0.39 is 5.54 Å². The van der Waals surface area contributed by atoms with E-state index in [9.17, 15) is 9.59 Å². The van der Waals surface area contributed by atoms with Gasteiger partial charge in [0.05, 0.1) is 17.5 Å². The fourth-order valence-electron chi connectivity index (χ4n) is 5.77. The molecule has 3 aliphatic rings. The number of carbonyl (C=O) groups is 2. The number of carbonyl (C=O) groups excluding carboxylic acids is 2. The smallest absolute Gasteiger partial charge is 0.318 e. The largest absolute Gasteiger partial charge is 0.335 e. The average molecular weight is 418 g/mol. The highest BCUT2D eigenvalue weighted by molar-refractivity contribution is 5.84. The number of hydrogen-bond acceptors (Lipinski definition) is 2. The van der Waals surface area contributed by atoms with Crippen molar-refractivity contribution in [3.63, 3.8) is 0 Å². The first-order chi connectivity index (χ1) is 15.0. The zero-order valence-electron chi connectivity index (χ0n) is 18.4. The van der Waals surface area contributed by atoms with Crippen LogP contribution in [0.1, 0.15) is 55.8 Å². The van der Waals surface area contributed by atoms with Crippen molar-refractivity contribution < 1.29 is 9.59 Å². The van der Waals surface area contributed by atoms with Crippen LogP contribution < -0.4 is 5.32 Å². The van der Waals surface area contributed by atoms with Gasteiger partial charge in [-0.3, -0.25) is 4.79 Å². The lowest BCUT2D eigenvalue weighted by Gasteiger charge is -2.51. The number of nitrogens with one attached hydrogen (secondary N) is 1. The van der Waals surface area contributed by atoms with Gasteiger partial charge in [0, 0.05) is 19.1 Å². The Morgan fingerprint density at radius 2 is 1.77 bits per heavy atom. The van der Waals surface area contributed by atoms with Crippen molar-refractivity contribution >= 4 is 11.9 Å². The minimum Gasteiger partial charge on any atom is -0.335 e. The Kier molecular flexibility index (Phi) is 4.99. The zero-order chi connectivity index (χ0) is 21.6. The predicted octanol–water partition coefficient (Wildman–Crippen LogP) is 4.24. The molecule has 3 amide bonds. The second-order valence-corrected chi connectivity index (χ2v) is 9.66. The fraction of sp³-hybridized carbons (Fsp3) is 0.462. The average Bonchev–Trinajstić information content (AvgIpc) is 2.79. The molecule has 0 radical (unpaired) electrons. The van der Waals surface area contributed by atoms with Gasteiger partial charge in [-0.15, -0.1) is 0 Å². The van der Waals surface area contributed by atoms with Crippen molar-refractivity contribution in [2.75, 3.05) is 13.1 Å². The van der Waals surface area contributed by atoms with Crippen molar-refractivity contribution in [2.24, 2.45) is 5.92 Å². The fourth-order valence-corrected chi connectivity index (χ4v) is 5.77. The maximum atomic E-state index is 13.4. The van der Waals surface area contributed by atoms with Gasteiger partial charge in [-0.25, -0.2) is 4.79 Å². The summed E-state index contributed by atoms with van der Waals surface area (Å²) < 4.78 is 0. The van der Waals surface area contributed by atoms with Gasteiger partial charge in [0.15, 0.2) is 0 Å². The van der Waals surface area contributed by atoms with Crippen LogP contribution in [0.3, 0.4) is 0 Å². The molecule has 1 N–H and O–H groups in total. The van der Waals surface area contributed by atoms with Gasteiger partial charge < -0.3 is 15.1 Å². The summed E-state index contributed by atoms with van der Waals surface area (Å²) in [5.74, 6) is 0.149. The van der Waals surface area contributed by atoms with Gasteiger partial charge >= 0.3 is 6.03 Å². The number of amides is 3. The molecule has 2 aromatic carbocycles. The highest BCUT2D eigenvalue weighted by Gasteiger charge is 2.49. The van der Waals surface area contributed by atoms with Crippen molar-refractivity contribution in [3.05, 3.63) is 71.3 Å². The highest BCUT2D eigenvalue weighted by Crippen LogP contribution is 2.43. The summed E-state index contributed by atoms with van der Waals surface area (Å²) in [6, 6.07) is 18.5. The number of urea groups is 1. The molecule has 162 valence electrons. The molecule has 5 heteroatoms. The van der Waals surface area contributed by atoms with E-state index in [4.69, 9.17) is 0 Å². The Labute approximate surface area is 184 Å². The number of likely N-dealkylation sites (tertiary alicyclic amines) is 1. The van der Waals surface area contributed by atoms with E-state index in [1.165, 1.54) is 11.1 Å². The van der Waals surface area contributed by atoms with Crippen LogP contribution in [0.4, 0.5) is 4.79 Å². The first-order valence-corrected chi connectivity index (χ1v) is 11.5. The number of fused-ring (bicyclic) bond motifs is 4. The van der Waals surface area contributed by atoms with Gasteiger partial charge in [-0.1, -0.05) is 54.6 Å². The molecule has 0 saturated carbocycles. The third-order valence-corrected chi connectivity index (χ3v) is 7.43. The quantitative estimate of drug-likeness (QED) is 0.795. The molecule has 2 aromatic rings. The predicted molar refractivity (Wildman–Crippen MR) is 120 cm³/mol. The molecule has 5 nitrogen and oxygen atoms in total. The maximum absolute atomic E-state index is 13.4. The molecule has 0 aromatic heterocycles. The number of piperidine rings is 2. The van der Waals surface area contributed by atoms with Crippen LogP contribution in [0.5, 0.6) is 0 Å². The van der Waals surface area contributed by atoms with E-state index in [0.717, 1.165) is 37.8 Å². The van der Waals surface area contributed by atoms with E-state index in [1.807, 2.05) is 49.1 Å². The lowest BCUT2D eigenvalue weighted by atomic mass is 9.76. The summed E-state index contributed by atoms with van der Waals surface area (Å²) in [6.07, 6.45) is 3.50. The molecule has 3 aliphatic heterocycles. The third-order valence-electron chi connectivity index (χ3n) is 7.43. The maximum Gasteiger partial charge on any atom is 0.318 e. The van der Waals surface area contributed by atoms with Gasteiger partial charge in [0.2, 0.25) is 5.91 Å². The van der Waals surface area contributed by atoms with Gasteiger partial charge in [0.1, 0.15) is 0 Å². The Bertz CT molecular complexity index is 987. The number of nitrogens with zero attached hydrogens (tertiary/aromatic N) is 2. The molecule has 0 unspecified atom stereocenters. The van der Waals surface area contributed by atoms with Crippen LogP contribution in [0.2, 0.25) is 0 Å². The van der Waals surface area contributed by atoms with Crippen LogP contribution >= 0.6 is 0 Å². The van der Waals surface area contributed by atoms with Crippen molar-refractivity contribution in [3.8, 4) is 0 Å². The Balaban J connectivity index is 1.40. The molecule has 5 rings (SSSR count). The van der Waals surface area contributed by atoms with E-state index in [-0.39, 0.29) is 29.9 Å². The second kappa shape index (κ2) is 7.70. The van der Waals surface area contributed by atoms with E-state index in [0.29, 0.717) is 6.54 Å². The van der Waals surface area contributed by atoms with Crippen LogP contribution in [0.15, 0.2) is 54.6 Å². The lowest BCUT2D eigenvalue weighted by Crippen LogP contribution is -2.62. The minimum atomic E-state index is -0.479. The van der Waals surface area contributed by atoms with Crippen molar-refractivity contribution in [1.82, 2.24) is 15.1 Å². The number of benzene rings is 2. The Hall–Kier alpha value is -2.82. The molecule has 0 aliphatic carbocycles. The highest BCUT2D eigenvalue weighted by atomic mass is 16.2. The van der Waals surface area contributed by atoms with E-state index >= 15 is 0 Å². The molecule has 2 fully saturated rings. The summed E-state index contributed by atoms with van der Waals surface area (Å²) >= 11 is 0.